The summed E-state index contributed by atoms with van der Waals surface area (Å²) in [6.45, 7) is 4.95. The van der Waals surface area contributed by atoms with Gasteiger partial charge in [0.15, 0.2) is 5.78 Å². The highest BCUT2D eigenvalue weighted by Crippen LogP contribution is 2.39. The lowest BCUT2D eigenvalue weighted by Crippen LogP contribution is -2.02. The average Bonchev–Trinajstić information content (AvgIpc) is 2.71. The van der Waals surface area contributed by atoms with Gasteiger partial charge in [0.1, 0.15) is 11.5 Å². The number of ether oxygens (including phenoxy) is 1. The Morgan fingerprint density at radius 1 is 1.00 bits per heavy atom. The summed E-state index contributed by atoms with van der Waals surface area (Å²) in [6.07, 6.45) is 0.985. The second-order valence-electron chi connectivity index (χ2n) is 5.80. The number of hydrogen-bond donors (Lipinski definition) is 1. The van der Waals surface area contributed by atoms with E-state index in [0.29, 0.717) is 23.7 Å². The SMILES string of the molecule is CC(C)CCOc1ccc2c(c1)C(=O)c1cc(O)ccc1-2. The molecule has 0 aromatic heterocycles. The summed E-state index contributed by atoms with van der Waals surface area (Å²) in [5.41, 5.74) is 3.00. The predicted octanol–water partition coefficient (Wildman–Crippen LogP) is 4.03. The van der Waals surface area contributed by atoms with Gasteiger partial charge in [0.25, 0.3) is 0 Å². The van der Waals surface area contributed by atoms with E-state index in [1.54, 1.807) is 18.2 Å². The molecule has 3 rings (SSSR count). The smallest absolute Gasteiger partial charge is 0.194 e. The quantitative estimate of drug-likeness (QED) is 0.786. The zero-order valence-electron chi connectivity index (χ0n) is 12.2. The number of rotatable bonds is 4. The van der Waals surface area contributed by atoms with Crippen molar-refractivity contribution >= 4 is 5.78 Å². The van der Waals surface area contributed by atoms with Crippen LogP contribution in [0.2, 0.25) is 0 Å². The average molecular weight is 282 g/mol. The lowest BCUT2D eigenvalue weighted by molar-refractivity contribution is 0.104. The maximum atomic E-state index is 12.4. The summed E-state index contributed by atoms with van der Waals surface area (Å²) in [7, 11) is 0. The van der Waals surface area contributed by atoms with Crippen LogP contribution in [0.4, 0.5) is 0 Å². The number of fused-ring (bicyclic) bond motifs is 3. The molecule has 0 amide bonds. The lowest BCUT2D eigenvalue weighted by atomic mass is 10.1. The standard InChI is InChI=1S/C18H18O3/c1-11(2)7-8-21-13-4-6-15-14-5-3-12(19)9-16(14)18(20)17(15)10-13/h3-6,9-11,19H,7-8H2,1-2H3. The number of phenols is 1. The molecule has 3 heteroatoms. The molecule has 0 bridgehead atoms. The number of aromatic hydroxyl groups is 1. The Kier molecular flexibility index (Phi) is 3.42. The number of phenolic OH excluding ortho intramolecular Hbond substituents is 1. The van der Waals surface area contributed by atoms with Crippen molar-refractivity contribution in [1.29, 1.82) is 0 Å². The van der Waals surface area contributed by atoms with E-state index in [0.717, 1.165) is 23.3 Å². The van der Waals surface area contributed by atoms with Gasteiger partial charge in [0.05, 0.1) is 6.61 Å². The summed E-state index contributed by atoms with van der Waals surface area (Å²) >= 11 is 0. The monoisotopic (exact) mass is 282 g/mol. The van der Waals surface area contributed by atoms with Crippen molar-refractivity contribution in [1.82, 2.24) is 0 Å². The Bertz CT molecular complexity index is 702. The van der Waals surface area contributed by atoms with Gasteiger partial charge in [0, 0.05) is 11.1 Å². The van der Waals surface area contributed by atoms with Gasteiger partial charge in [-0.25, -0.2) is 0 Å². The van der Waals surface area contributed by atoms with Crippen LogP contribution in [-0.4, -0.2) is 17.5 Å². The van der Waals surface area contributed by atoms with Gasteiger partial charge in [-0.2, -0.15) is 0 Å². The van der Waals surface area contributed by atoms with Crippen LogP contribution in [0.25, 0.3) is 11.1 Å². The Morgan fingerprint density at radius 3 is 2.38 bits per heavy atom. The van der Waals surface area contributed by atoms with Crippen LogP contribution in [0.15, 0.2) is 36.4 Å². The molecule has 0 saturated heterocycles. The Labute approximate surface area is 124 Å². The molecule has 3 nitrogen and oxygen atoms in total. The molecule has 0 saturated carbocycles. The molecule has 0 unspecified atom stereocenters. The van der Waals surface area contributed by atoms with E-state index in [1.165, 1.54) is 6.07 Å². The van der Waals surface area contributed by atoms with Crippen LogP contribution in [-0.2, 0) is 0 Å². The van der Waals surface area contributed by atoms with E-state index in [2.05, 4.69) is 13.8 Å². The zero-order valence-corrected chi connectivity index (χ0v) is 12.2. The second-order valence-corrected chi connectivity index (χ2v) is 5.80. The maximum absolute atomic E-state index is 12.4. The van der Waals surface area contributed by atoms with Crippen LogP contribution >= 0.6 is 0 Å². The largest absolute Gasteiger partial charge is 0.508 e. The number of carbonyl (C=O) groups is 1. The van der Waals surface area contributed by atoms with E-state index >= 15 is 0 Å². The van der Waals surface area contributed by atoms with Gasteiger partial charge in [-0.3, -0.25) is 4.79 Å². The van der Waals surface area contributed by atoms with Gasteiger partial charge in [-0.15, -0.1) is 0 Å². The highest BCUT2D eigenvalue weighted by Gasteiger charge is 2.27. The third-order valence-electron chi connectivity index (χ3n) is 3.74. The fourth-order valence-electron chi connectivity index (χ4n) is 2.55. The molecule has 0 aliphatic heterocycles. The molecule has 1 aliphatic carbocycles. The number of benzene rings is 2. The van der Waals surface area contributed by atoms with Crippen LogP contribution in [0.1, 0.15) is 36.2 Å². The zero-order chi connectivity index (χ0) is 15.0. The minimum Gasteiger partial charge on any atom is -0.508 e. The summed E-state index contributed by atoms with van der Waals surface area (Å²) in [5, 5.41) is 9.54. The summed E-state index contributed by atoms with van der Waals surface area (Å²) in [6, 6.07) is 10.5. The van der Waals surface area contributed by atoms with Gasteiger partial charge >= 0.3 is 0 Å². The van der Waals surface area contributed by atoms with Crippen LogP contribution < -0.4 is 4.74 Å². The molecular formula is C18H18O3. The van der Waals surface area contributed by atoms with Crippen molar-refractivity contribution in [2.24, 2.45) is 5.92 Å². The normalized spacial score (nSPS) is 12.4. The predicted molar refractivity (Wildman–Crippen MR) is 81.9 cm³/mol. The van der Waals surface area contributed by atoms with Crippen LogP contribution in [0.5, 0.6) is 11.5 Å². The first-order valence-electron chi connectivity index (χ1n) is 7.21. The van der Waals surface area contributed by atoms with E-state index in [1.807, 2.05) is 12.1 Å². The van der Waals surface area contributed by atoms with Crippen molar-refractivity contribution in [3.8, 4) is 22.6 Å². The Morgan fingerprint density at radius 2 is 1.67 bits per heavy atom. The number of hydrogen-bond acceptors (Lipinski definition) is 3. The van der Waals surface area contributed by atoms with Gasteiger partial charge in [-0.1, -0.05) is 13.8 Å². The minimum absolute atomic E-state index is 0.0507. The summed E-state index contributed by atoms with van der Waals surface area (Å²) in [5.74, 6) is 1.38. The molecule has 0 fully saturated rings. The van der Waals surface area contributed by atoms with Crippen molar-refractivity contribution in [3.63, 3.8) is 0 Å². The molecule has 108 valence electrons. The summed E-state index contributed by atoms with van der Waals surface area (Å²) in [4.78, 5) is 12.4. The fourth-order valence-corrected chi connectivity index (χ4v) is 2.55. The number of carbonyl (C=O) groups excluding carboxylic acids is 1. The van der Waals surface area contributed by atoms with E-state index < -0.39 is 0 Å². The van der Waals surface area contributed by atoms with Gasteiger partial charge in [-0.05, 0) is 59.9 Å². The topological polar surface area (TPSA) is 46.5 Å². The third-order valence-corrected chi connectivity index (χ3v) is 3.74. The van der Waals surface area contributed by atoms with E-state index in [-0.39, 0.29) is 11.5 Å². The van der Waals surface area contributed by atoms with Crippen molar-refractivity contribution < 1.29 is 14.6 Å². The van der Waals surface area contributed by atoms with Crippen molar-refractivity contribution in [3.05, 3.63) is 47.5 Å². The van der Waals surface area contributed by atoms with Crippen molar-refractivity contribution in [2.75, 3.05) is 6.61 Å². The van der Waals surface area contributed by atoms with E-state index in [4.69, 9.17) is 4.74 Å². The van der Waals surface area contributed by atoms with Crippen LogP contribution in [0, 0.1) is 5.92 Å². The van der Waals surface area contributed by atoms with Gasteiger partial charge < -0.3 is 9.84 Å². The molecule has 0 heterocycles. The molecule has 1 aliphatic rings. The molecule has 0 atom stereocenters. The van der Waals surface area contributed by atoms with Crippen LogP contribution in [0.3, 0.4) is 0 Å². The molecular weight excluding hydrogens is 264 g/mol. The maximum Gasteiger partial charge on any atom is 0.194 e. The fraction of sp³-hybridized carbons (Fsp3) is 0.278. The molecule has 21 heavy (non-hydrogen) atoms. The van der Waals surface area contributed by atoms with E-state index in [9.17, 15) is 9.90 Å². The second kappa shape index (κ2) is 5.24. The van der Waals surface area contributed by atoms with Crippen molar-refractivity contribution in [2.45, 2.75) is 20.3 Å². The van der Waals surface area contributed by atoms with Gasteiger partial charge in [0.2, 0.25) is 0 Å². The minimum atomic E-state index is -0.0507. The molecule has 1 N–H and O–H groups in total. The first-order chi connectivity index (χ1) is 10.1. The molecule has 0 radical (unpaired) electrons. The highest BCUT2D eigenvalue weighted by atomic mass is 16.5. The first-order valence-corrected chi connectivity index (χ1v) is 7.21. The third kappa shape index (κ3) is 2.51. The Hall–Kier alpha value is -2.29. The number of ketones is 1. The highest BCUT2D eigenvalue weighted by molar-refractivity contribution is 6.22. The first kappa shape index (κ1) is 13.7. The summed E-state index contributed by atoms with van der Waals surface area (Å²) < 4.78 is 5.71. The molecule has 2 aromatic rings. The lowest BCUT2D eigenvalue weighted by Gasteiger charge is -2.09. The molecule has 2 aromatic carbocycles. The molecule has 0 spiro atoms. The Balaban J connectivity index is 1.89.